The number of nitrogens with zero attached hydrogens (tertiary/aromatic N) is 1. The van der Waals surface area contributed by atoms with Crippen molar-refractivity contribution < 1.29 is 4.79 Å². The van der Waals surface area contributed by atoms with Gasteiger partial charge in [0.2, 0.25) is 5.91 Å². The summed E-state index contributed by atoms with van der Waals surface area (Å²) in [6, 6.07) is 7.76. The lowest BCUT2D eigenvalue weighted by molar-refractivity contribution is -0.130. The average molecular weight is 303 g/mol. The van der Waals surface area contributed by atoms with Crippen molar-refractivity contribution in [2.45, 2.75) is 26.3 Å². The third kappa shape index (κ3) is 6.21. The maximum Gasteiger partial charge on any atom is 0.226 e. The van der Waals surface area contributed by atoms with Gasteiger partial charge >= 0.3 is 0 Å². The highest BCUT2D eigenvalue weighted by atomic mass is 35.5. The number of halogens is 1. The first-order valence-corrected chi connectivity index (χ1v) is 7.38. The van der Waals surface area contributed by atoms with Crippen LogP contribution in [0.2, 0.25) is 0 Å². The molecule has 1 unspecified atom stereocenters. The van der Waals surface area contributed by atoms with E-state index in [4.69, 9.17) is 5.73 Å². The SMILES string of the molecule is CCSCC(C)N(C)C(=O)Cc1ccc(N)cc1.Cl. The summed E-state index contributed by atoms with van der Waals surface area (Å²) in [6.07, 6.45) is 0.442. The molecular formula is C14H23ClN2OS. The molecule has 0 heterocycles. The number of likely N-dealkylation sites (N-methyl/N-ethyl adjacent to an activating group) is 1. The molecule has 108 valence electrons. The summed E-state index contributed by atoms with van der Waals surface area (Å²) in [5.74, 6) is 2.23. The van der Waals surface area contributed by atoms with Gasteiger partial charge in [0.15, 0.2) is 0 Å². The van der Waals surface area contributed by atoms with Gasteiger partial charge in [0.05, 0.1) is 6.42 Å². The predicted molar refractivity (Wildman–Crippen MR) is 87.0 cm³/mol. The van der Waals surface area contributed by atoms with Gasteiger partial charge in [-0.2, -0.15) is 11.8 Å². The molecule has 0 aliphatic carbocycles. The van der Waals surface area contributed by atoms with Crippen molar-refractivity contribution in [3.05, 3.63) is 29.8 Å². The number of hydrogen-bond acceptors (Lipinski definition) is 3. The molecule has 0 bridgehead atoms. The highest BCUT2D eigenvalue weighted by molar-refractivity contribution is 7.99. The van der Waals surface area contributed by atoms with Gasteiger partial charge in [-0.15, -0.1) is 12.4 Å². The zero-order valence-corrected chi connectivity index (χ0v) is 13.4. The lowest BCUT2D eigenvalue weighted by atomic mass is 10.1. The Kier molecular flexibility index (Phi) is 8.68. The van der Waals surface area contributed by atoms with Crippen LogP contribution >= 0.6 is 24.2 Å². The maximum absolute atomic E-state index is 12.1. The molecule has 0 aromatic heterocycles. The summed E-state index contributed by atoms with van der Waals surface area (Å²) in [7, 11) is 1.88. The maximum atomic E-state index is 12.1. The molecule has 19 heavy (non-hydrogen) atoms. The van der Waals surface area contributed by atoms with Gasteiger partial charge in [-0.05, 0) is 30.4 Å². The Balaban J connectivity index is 0.00000324. The van der Waals surface area contributed by atoms with E-state index < -0.39 is 0 Å². The summed E-state index contributed by atoms with van der Waals surface area (Å²) in [6.45, 7) is 4.22. The van der Waals surface area contributed by atoms with Crippen LogP contribution in [0.1, 0.15) is 19.4 Å². The number of nitrogen functional groups attached to an aromatic ring is 1. The molecule has 1 amide bonds. The topological polar surface area (TPSA) is 46.3 Å². The molecule has 1 aromatic rings. The van der Waals surface area contributed by atoms with Crippen molar-refractivity contribution >= 4 is 35.8 Å². The van der Waals surface area contributed by atoms with Gasteiger partial charge in [-0.25, -0.2) is 0 Å². The molecule has 0 spiro atoms. The van der Waals surface area contributed by atoms with E-state index in [1.165, 1.54) is 0 Å². The van der Waals surface area contributed by atoms with Crippen LogP contribution in [0.5, 0.6) is 0 Å². The Labute approximate surface area is 126 Å². The van der Waals surface area contributed by atoms with E-state index in [0.717, 1.165) is 22.8 Å². The molecule has 0 aliphatic rings. The summed E-state index contributed by atoms with van der Waals surface area (Å²) in [5.41, 5.74) is 7.36. The number of rotatable bonds is 6. The molecule has 0 saturated heterocycles. The fourth-order valence-electron chi connectivity index (χ4n) is 1.58. The number of benzene rings is 1. The van der Waals surface area contributed by atoms with Crippen LogP contribution in [0.3, 0.4) is 0 Å². The van der Waals surface area contributed by atoms with Crippen LogP contribution in [-0.2, 0) is 11.2 Å². The van der Waals surface area contributed by atoms with Crippen molar-refractivity contribution in [2.24, 2.45) is 0 Å². The molecule has 0 radical (unpaired) electrons. The Hall–Kier alpha value is -0.870. The van der Waals surface area contributed by atoms with Gasteiger partial charge in [0, 0.05) is 24.5 Å². The first kappa shape index (κ1) is 18.1. The number of thioether (sulfide) groups is 1. The van der Waals surface area contributed by atoms with Gasteiger partial charge in [-0.1, -0.05) is 19.1 Å². The molecule has 1 atom stereocenters. The van der Waals surface area contributed by atoms with Crippen molar-refractivity contribution in [3.8, 4) is 0 Å². The molecule has 0 saturated carbocycles. The zero-order valence-electron chi connectivity index (χ0n) is 11.8. The van der Waals surface area contributed by atoms with Crippen LogP contribution in [0.4, 0.5) is 5.69 Å². The minimum atomic E-state index is 0. The van der Waals surface area contributed by atoms with Crippen LogP contribution in [0.15, 0.2) is 24.3 Å². The second kappa shape index (κ2) is 9.10. The fourth-order valence-corrected chi connectivity index (χ4v) is 2.38. The number of hydrogen-bond donors (Lipinski definition) is 1. The Morgan fingerprint density at radius 2 is 1.95 bits per heavy atom. The largest absolute Gasteiger partial charge is 0.399 e. The lowest BCUT2D eigenvalue weighted by Gasteiger charge is -2.24. The van der Waals surface area contributed by atoms with E-state index in [0.29, 0.717) is 6.42 Å². The van der Waals surface area contributed by atoms with Gasteiger partial charge in [-0.3, -0.25) is 4.79 Å². The number of carbonyl (C=O) groups excluding carboxylic acids is 1. The van der Waals surface area contributed by atoms with E-state index in [1.807, 2.05) is 48.0 Å². The van der Waals surface area contributed by atoms with Gasteiger partial charge < -0.3 is 10.6 Å². The summed E-state index contributed by atoms with van der Waals surface area (Å²) in [4.78, 5) is 13.9. The summed E-state index contributed by atoms with van der Waals surface area (Å²) < 4.78 is 0. The first-order valence-electron chi connectivity index (χ1n) is 6.22. The summed E-state index contributed by atoms with van der Waals surface area (Å²) >= 11 is 1.86. The quantitative estimate of drug-likeness (QED) is 0.822. The molecule has 1 aromatic carbocycles. The van der Waals surface area contributed by atoms with Crippen LogP contribution in [0.25, 0.3) is 0 Å². The minimum absolute atomic E-state index is 0. The van der Waals surface area contributed by atoms with Gasteiger partial charge in [0.1, 0.15) is 0 Å². The van der Waals surface area contributed by atoms with Crippen LogP contribution in [-0.4, -0.2) is 35.4 Å². The van der Waals surface area contributed by atoms with Crippen molar-refractivity contribution in [1.82, 2.24) is 4.90 Å². The lowest BCUT2D eigenvalue weighted by Crippen LogP contribution is -2.37. The van der Waals surface area contributed by atoms with E-state index in [2.05, 4.69) is 13.8 Å². The van der Waals surface area contributed by atoms with Gasteiger partial charge in [0.25, 0.3) is 0 Å². The minimum Gasteiger partial charge on any atom is -0.399 e. The van der Waals surface area contributed by atoms with E-state index in [-0.39, 0.29) is 24.4 Å². The highest BCUT2D eigenvalue weighted by Gasteiger charge is 2.15. The molecule has 5 heteroatoms. The predicted octanol–water partition coefficient (Wildman–Crippen LogP) is 2.83. The first-order chi connectivity index (χ1) is 8.54. The number of anilines is 1. The van der Waals surface area contributed by atoms with Crippen LogP contribution in [0, 0.1) is 0 Å². The van der Waals surface area contributed by atoms with E-state index >= 15 is 0 Å². The molecule has 0 fully saturated rings. The number of carbonyl (C=O) groups is 1. The van der Waals surface area contributed by atoms with E-state index in [1.54, 1.807) is 0 Å². The Morgan fingerprint density at radius 1 is 1.37 bits per heavy atom. The number of amides is 1. The molecule has 0 aliphatic heterocycles. The van der Waals surface area contributed by atoms with E-state index in [9.17, 15) is 4.79 Å². The highest BCUT2D eigenvalue weighted by Crippen LogP contribution is 2.11. The number of nitrogens with two attached hydrogens (primary N) is 1. The molecule has 2 N–H and O–H groups in total. The van der Waals surface area contributed by atoms with Crippen LogP contribution < -0.4 is 5.73 Å². The monoisotopic (exact) mass is 302 g/mol. The Bertz CT molecular complexity index is 384. The van der Waals surface area contributed by atoms with Crippen molar-refractivity contribution in [1.29, 1.82) is 0 Å². The van der Waals surface area contributed by atoms with Crippen molar-refractivity contribution in [3.63, 3.8) is 0 Å². The standard InChI is InChI=1S/C14H22N2OS.ClH/c1-4-18-10-11(2)16(3)14(17)9-12-5-7-13(15)8-6-12;/h5-8,11H,4,9-10,15H2,1-3H3;1H. The smallest absolute Gasteiger partial charge is 0.226 e. The average Bonchev–Trinajstić information content (AvgIpc) is 2.37. The molecule has 1 rings (SSSR count). The Morgan fingerprint density at radius 3 is 2.47 bits per heavy atom. The third-order valence-electron chi connectivity index (χ3n) is 2.95. The fraction of sp³-hybridized carbons (Fsp3) is 0.500. The normalized spacial score (nSPS) is 11.5. The molecular weight excluding hydrogens is 280 g/mol. The summed E-state index contributed by atoms with van der Waals surface area (Å²) in [5, 5.41) is 0. The van der Waals surface area contributed by atoms with Crippen molar-refractivity contribution in [2.75, 3.05) is 24.3 Å². The molecule has 3 nitrogen and oxygen atoms in total. The third-order valence-corrected chi connectivity index (χ3v) is 4.08. The second-order valence-electron chi connectivity index (χ2n) is 4.43. The zero-order chi connectivity index (χ0) is 13.5. The second-order valence-corrected chi connectivity index (χ2v) is 5.75.